The molecule has 0 unspecified atom stereocenters. The van der Waals surface area contributed by atoms with E-state index < -0.39 is 10.2 Å². The molecule has 0 spiro atoms. The van der Waals surface area contributed by atoms with Crippen molar-refractivity contribution in [2.75, 3.05) is 26.2 Å². The van der Waals surface area contributed by atoms with Gasteiger partial charge in [-0.2, -0.15) is 17.4 Å². The Hall–Kier alpha value is -1.44. The highest BCUT2D eigenvalue weighted by atomic mass is 32.2. The van der Waals surface area contributed by atoms with E-state index in [0.29, 0.717) is 24.6 Å². The second kappa shape index (κ2) is 8.50. The summed E-state index contributed by atoms with van der Waals surface area (Å²) in [6, 6.07) is 7.25. The quantitative estimate of drug-likeness (QED) is 0.854. The van der Waals surface area contributed by atoms with Crippen LogP contribution < -0.4 is 4.72 Å². The second-order valence-corrected chi connectivity index (χ2v) is 9.21. The van der Waals surface area contributed by atoms with Crippen LogP contribution in [0.4, 0.5) is 0 Å². The van der Waals surface area contributed by atoms with Crippen LogP contribution in [0.1, 0.15) is 54.9 Å². The topological polar surface area (TPSA) is 69.7 Å². The zero-order chi connectivity index (χ0) is 18.6. The third kappa shape index (κ3) is 4.84. The number of likely N-dealkylation sites (tertiary alicyclic amines) is 1. The van der Waals surface area contributed by atoms with E-state index in [1.54, 1.807) is 12.1 Å². The van der Waals surface area contributed by atoms with Gasteiger partial charge >= 0.3 is 0 Å². The van der Waals surface area contributed by atoms with Gasteiger partial charge in [-0.1, -0.05) is 19.1 Å². The normalized spacial score (nSPS) is 20.3. The van der Waals surface area contributed by atoms with E-state index in [-0.39, 0.29) is 12.5 Å². The summed E-state index contributed by atoms with van der Waals surface area (Å²) in [5, 5.41) is 0. The lowest BCUT2D eigenvalue weighted by Gasteiger charge is -2.29. The van der Waals surface area contributed by atoms with Crippen LogP contribution in [-0.2, 0) is 16.8 Å². The van der Waals surface area contributed by atoms with Gasteiger partial charge in [0.1, 0.15) is 0 Å². The maximum atomic E-state index is 12.5. The number of piperidine rings is 2. The van der Waals surface area contributed by atoms with Crippen LogP contribution in [0, 0.1) is 5.92 Å². The Morgan fingerprint density at radius 3 is 2.27 bits per heavy atom. The summed E-state index contributed by atoms with van der Waals surface area (Å²) in [7, 11) is -3.44. The van der Waals surface area contributed by atoms with Gasteiger partial charge in [0.05, 0.1) is 0 Å². The van der Waals surface area contributed by atoms with Crippen molar-refractivity contribution in [1.29, 1.82) is 0 Å². The molecule has 1 N–H and O–H groups in total. The van der Waals surface area contributed by atoms with Gasteiger partial charge in [-0.3, -0.25) is 4.79 Å². The van der Waals surface area contributed by atoms with E-state index in [0.717, 1.165) is 44.3 Å². The van der Waals surface area contributed by atoms with Crippen LogP contribution in [-0.4, -0.2) is 49.7 Å². The minimum Gasteiger partial charge on any atom is -0.339 e. The molecule has 1 aromatic rings. The Morgan fingerprint density at radius 1 is 1.04 bits per heavy atom. The molecule has 26 heavy (non-hydrogen) atoms. The molecule has 144 valence electrons. The molecule has 6 nitrogen and oxygen atoms in total. The number of nitrogens with zero attached hydrogens (tertiary/aromatic N) is 2. The van der Waals surface area contributed by atoms with E-state index in [9.17, 15) is 13.2 Å². The number of nitrogens with one attached hydrogen (secondary N) is 1. The molecule has 7 heteroatoms. The SMILES string of the molecule is CC1CCN(S(=O)(=O)NCc2ccc(C(=O)N3CCCCC3)cc2)CC1. The molecule has 0 aliphatic carbocycles. The molecule has 2 aliphatic rings. The van der Waals surface area contributed by atoms with E-state index in [1.807, 2.05) is 17.0 Å². The van der Waals surface area contributed by atoms with E-state index in [2.05, 4.69) is 11.6 Å². The van der Waals surface area contributed by atoms with Crippen molar-refractivity contribution in [3.8, 4) is 0 Å². The number of amides is 1. The van der Waals surface area contributed by atoms with Gasteiger partial charge in [-0.15, -0.1) is 0 Å². The molecular formula is C19H29N3O3S. The van der Waals surface area contributed by atoms with Crippen LogP contribution in [0.2, 0.25) is 0 Å². The summed E-state index contributed by atoms with van der Waals surface area (Å²) < 4.78 is 29.0. The van der Waals surface area contributed by atoms with Crippen molar-refractivity contribution >= 4 is 16.1 Å². The average Bonchev–Trinajstić information content (AvgIpc) is 2.67. The van der Waals surface area contributed by atoms with Crippen molar-refractivity contribution < 1.29 is 13.2 Å². The molecular weight excluding hydrogens is 350 g/mol. The third-order valence-corrected chi connectivity index (χ3v) is 6.94. The minimum atomic E-state index is -3.44. The monoisotopic (exact) mass is 379 g/mol. The highest BCUT2D eigenvalue weighted by Gasteiger charge is 2.26. The fourth-order valence-electron chi connectivity index (χ4n) is 3.54. The summed E-state index contributed by atoms with van der Waals surface area (Å²) in [5.41, 5.74) is 1.53. The molecule has 2 saturated heterocycles. The Labute approximate surface area is 156 Å². The Bertz CT molecular complexity index is 704. The van der Waals surface area contributed by atoms with Crippen LogP contribution in [0.15, 0.2) is 24.3 Å². The molecule has 3 rings (SSSR count). The number of carbonyl (C=O) groups is 1. The molecule has 0 bridgehead atoms. The van der Waals surface area contributed by atoms with E-state index in [1.165, 1.54) is 10.7 Å². The van der Waals surface area contributed by atoms with Crippen molar-refractivity contribution in [3.05, 3.63) is 35.4 Å². The molecule has 1 aromatic carbocycles. The number of rotatable bonds is 5. The Morgan fingerprint density at radius 2 is 1.65 bits per heavy atom. The van der Waals surface area contributed by atoms with Gasteiger partial charge in [0.25, 0.3) is 16.1 Å². The Balaban J connectivity index is 1.54. The number of hydrogen-bond donors (Lipinski definition) is 1. The smallest absolute Gasteiger partial charge is 0.279 e. The minimum absolute atomic E-state index is 0.0688. The van der Waals surface area contributed by atoms with Gasteiger partial charge < -0.3 is 4.90 Å². The fourth-order valence-corrected chi connectivity index (χ4v) is 4.76. The van der Waals surface area contributed by atoms with Crippen molar-refractivity contribution in [2.45, 2.75) is 45.6 Å². The summed E-state index contributed by atoms with van der Waals surface area (Å²) in [5.74, 6) is 0.658. The lowest BCUT2D eigenvalue weighted by atomic mass is 10.0. The molecule has 2 fully saturated rings. The predicted molar refractivity (Wildman–Crippen MR) is 102 cm³/mol. The van der Waals surface area contributed by atoms with Crippen molar-refractivity contribution in [2.24, 2.45) is 5.92 Å². The van der Waals surface area contributed by atoms with Crippen molar-refractivity contribution in [1.82, 2.24) is 13.9 Å². The van der Waals surface area contributed by atoms with Gasteiger partial charge in [-0.25, -0.2) is 0 Å². The number of benzene rings is 1. The highest BCUT2D eigenvalue weighted by Crippen LogP contribution is 2.18. The largest absolute Gasteiger partial charge is 0.339 e. The standard InChI is InChI=1S/C19H29N3O3S/c1-16-9-13-22(14-10-16)26(24,25)20-15-17-5-7-18(8-6-17)19(23)21-11-3-2-4-12-21/h5-8,16,20H,2-4,9-15H2,1H3. The predicted octanol–water partition coefficient (Wildman–Crippen LogP) is 2.38. The maximum Gasteiger partial charge on any atom is 0.279 e. The number of carbonyl (C=O) groups excluding carboxylic acids is 1. The van der Waals surface area contributed by atoms with Gasteiger partial charge in [0.2, 0.25) is 0 Å². The molecule has 2 heterocycles. The molecule has 0 atom stereocenters. The Kier molecular flexibility index (Phi) is 6.32. The summed E-state index contributed by atoms with van der Waals surface area (Å²) in [4.78, 5) is 14.4. The number of hydrogen-bond acceptors (Lipinski definition) is 3. The first-order valence-corrected chi connectivity index (χ1v) is 11.0. The average molecular weight is 380 g/mol. The van der Waals surface area contributed by atoms with Crippen LogP contribution >= 0.6 is 0 Å². The van der Waals surface area contributed by atoms with Gasteiger partial charge in [0.15, 0.2) is 0 Å². The molecule has 0 aromatic heterocycles. The lowest BCUT2D eigenvalue weighted by molar-refractivity contribution is 0.0724. The maximum absolute atomic E-state index is 12.5. The first-order valence-electron chi connectivity index (χ1n) is 9.58. The highest BCUT2D eigenvalue weighted by molar-refractivity contribution is 7.87. The second-order valence-electron chi connectivity index (χ2n) is 7.46. The molecule has 2 aliphatic heterocycles. The first kappa shape index (κ1) is 19.3. The van der Waals surface area contributed by atoms with Crippen LogP contribution in [0.25, 0.3) is 0 Å². The van der Waals surface area contributed by atoms with Crippen LogP contribution in [0.3, 0.4) is 0 Å². The zero-order valence-corrected chi connectivity index (χ0v) is 16.3. The summed E-state index contributed by atoms with van der Waals surface area (Å²) in [6.07, 6.45) is 5.16. The summed E-state index contributed by atoms with van der Waals surface area (Å²) >= 11 is 0. The fraction of sp³-hybridized carbons (Fsp3) is 0.632. The van der Waals surface area contributed by atoms with Gasteiger partial charge in [-0.05, 0) is 55.7 Å². The molecule has 0 radical (unpaired) electrons. The van der Waals surface area contributed by atoms with E-state index in [4.69, 9.17) is 0 Å². The van der Waals surface area contributed by atoms with Crippen molar-refractivity contribution in [3.63, 3.8) is 0 Å². The van der Waals surface area contributed by atoms with Crippen LogP contribution in [0.5, 0.6) is 0 Å². The third-order valence-electron chi connectivity index (χ3n) is 5.39. The zero-order valence-electron chi connectivity index (χ0n) is 15.5. The van der Waals surface area contributed by atoms with E-state index >= 15 is 0 Å². The summed E-state index contributed by atoms with van der Waals surface area (Å²) in [6.45, 7) is 5.22. The molecule has 0 saturated carbocycles. The molecule has 1 amide bonds. The first-order chi connectivity index (χ1) is 12.5. The lowest BCUT2D eigenvalue weighted by Crippen LogP contribution is -2.44. The van der Waals surface area contributed by atoms with Gasteiger partial charge in [0, 0.05) is 38.3 Å².